The van der Waals surface area contributed by atoms with Crippen molar-refractivity contribution >= 4 is 27.5 Å². The summed E-state index contributed by atoms with van der Waals surface area (Å²) in [6.07, 6.45) is 3.00. The Morgan fingerprint density at radius 3 is 2.95 bits per heavy atom. The van der Waals surface area contributed by atoms with Crippen LogP contribution in [0.2, 0.25) is 0 Å². The molecule has 1 amide bonds. The zero-order chi connectivity index (χ0) is 13.8. The molecule has 0 heterocycles. The average molecular weight is 322 g/mol. The maximum Gasteiger partial charge on any atom is 0.227 e. The molecule has 0 aliphatic heterocycles. The van der Waals surface area contributed by atoms with Crippen molar-refractivity contribution in [3.8, 4) is 6.07 Å². The van der Waals surface area contributed by atoms with Crippen molar-refractivity contribution in [3.05, 3.63) is 28.2 Å². The van der Waals surface area contributed by atoms with E-state index in [1.807, 2.05) is 0 Å². The fraction of sp³-hybridized carbons (Fsp3) is 0.429. The standard InChI is InChI=1S/C14H16BrN3O/c15-12-6-9(7-16)4-5-13(12)18-14(19)11-3-1-2-10(11)8-17/h4-6,10-11H,1-3,8,17H2,(H,18,19). The van der Waals surface area contributed by atoms with Crippen molar-refractivity contribution in [2.45, 2.75) is 19.3 Å². The first-order chi connectivity index (χ1) is 9.15. The van der Waals surface area contributed by atoms with Crippen LogP contribution in [0.25, 0.3) is 0 Å². The summed E-state index contributed by atoms with van der Waals surface area (Å²) in [4.78, 5) is 12.2. The molecule has 1 aromatic carbocycles. The smallest absolute Gasteiger partial charge is 0.227 e. The quantitative estimate of drug-likeness (QED) is 0.898. The molecule has 1 aliphatic carbocycles. The highest BCUT2D eigenvalue weighted by Crippen LogP contribution is 2.32. The molecule has 5 heteroatoms. The summed E-state index contributed by atoms with van der Waals surface area (Å²) in [5.74, 6) is 0.322. The molecule has 2 unspecified atom stereocenters. The van der Waals surface area contributed by atoms with E-state index in [4.69, 9.17) is 11.0 Å². The third-order valence-corrected chi connectivity index (χ3v) is 4.31. The van der Waals surface area contributed by atoms with Crippen LogP contribution in [0.15, 0.2) is 22.7 Å². The Balaban J connectivity index is 2.09. The molecule has 0 saturated heterocycles. The van der Waals surface area contributed by atoms with Crippen molar-refractivity contribution in [1.82, 2.24) is 0 Å². The number of carbonyl (C=O) groups excluding carboxylic acids is 1. The van der Waals surface area contributed by atoms with Gasteiger partial charge in [0, 0.05) is 10.4 Å². The summed E-state index contributed by atoms with van der Waals surface area (Å²) in [6.45, 7) is 0.562. The number of amides is 1. The van der Waals surface area contributed by atoms with Crippen LogP contribution in [-0.4, -0.2) is 12.5 Å². The Kier molecular flexibility index (Phi) is 4.56. The lowest BCUT2D eigenvalue weighted by atomic mass is 9.95. The van der Waals surface area contributed by atoms with E-state index < -0.39 is 0 Å². The number of carbonyl (C=O) groups is 1. The number of halogens is 1. The highest BCUT2D eigenvalue weighted by molar-refractivity contribution is 9.10. The molecule has 2 rings (SSSR count). The molecule has 1 aromatic rings. The normalized spacial score (nSPS) is 21.9. The fourth-order valence-electron chi connectivity index (χ4n) is 2.58. The molecule has 3 N–H and O–H groups in total. The average Bonchev–Trinajstić information content (AvgIpc) is 2.89. The summed E-state index contributed by atoms with van der Waals surface area (Å²) in [7, 11) is 0. The van der Waals surface area contributed by atoms with Crippen LogP contribution < -0.4 is 11.1 Å². The lowest BCUT2D eigenvalue weighted by Crippen LogP contribution is -2.29. The number of nitrogens with two attached hydrogens (primary N) is 1. The molecule has 1 aliphatic rings. The number of hydrogen-bond acceptors (Lipinski definition) is 3. The fourth-order valence-corrected chi connectivity index (χ4v) is 3.05. The third kappa shape index (κ3) is 3.14. The summed E-state index contributed by atoms with van der Waals surface area (Å²) < 4.78 is 0.724. The molecular formula is C14H16BrN3O. The van der Waals surface area contributed by atoms with E-state index >= 15 is 0 Å². The highest BCUT2D eigenvalue weighted by atomic mass is 79.9. The van der Waals surface area contributed by atoms with E-state index in [0.29, 0.717) is 17.8 Å². The Labute approximate surface area is 121 Å². The zero-order valence-electron chi connectivity index (χ0n) is 10.5. The van der Waals surface area contributed by atoms with Crippen LogP contribution in [0.1, 0.15) is 24.8 Å². The number of rotatable bonds is 3. The van der Waals surface area contributed by atoms with Gasteiger partial charge in [0.15, 0.2) is 0 Å². The number of benzene rings is 1. The second kappa shape index (κ2) is 6.18. The first-order valence-electron chi connectivity index (χ1n) is 6.36. The minimum atomic E-state index is 0.00698. The minimum Gasteiger partial charge on any atom is -0.330 e. The van der Waals surface area contributed by atoms with Gasteiger partial charge in [-0.25, -0.2) is 0 Å². The van der Waals surface area contributed by atoms with Crippen LogP contribution in [0.3, 0.4) is 0 Å². The van der Waals surface area contributed by atoms with Gasteiger partial charge >= 0.3 is 0 Å². The van der Waals surface area contributed by atoms with Crippen molar-refractivity contribution in [1.29, 1.82) is 5.26 Å². The minimum absolute atomic E-state index is 0.00698. The lowest BCUT2D eigenvalue weighted by molar-refractivity contribution is -0.120. The number of nitrogens with zero attached hydrogens (tertiary/aromatic N) is 1. The summed E-state index contributed by atoms with van der Waals surface area (Å²) in [5.41, 5.74) is 6.96. The maximum absolute atomic E-state index is 12.2. The van der Waals surface area contributed by atoms with Gasteiger partial charge in [-0.1, -0.05) is 6.42 Å². The SMILES string of the molecule is N#Cc1ccc(NC(=O)C2CCCC2CN)c(Br)c1. The van der Waals surface area contributed by atoms with Gasteiger partial charge in [0.1, 0.15) is 0 Å². The van der Waals surface area contributed by atoms with E-state index in [9.17, 15) is 4.79 Å². The molecule has 0 bridgehead atoms. The van der Waals surface area contributed by atoms with E-state index in [1.54, 1.807) is 18.2 Å². The van der Waals surface area contributed by atoms with Crippen molar-refractivity contribution in [2.24, 2.45) is 17.6 Å². The topological polar surface area (TPSA) is 78.9 Å². The van der Waals surface area contributed by atoms with Crippen molar-refractivity contribution < 1.29 is 4.79 Å². The van der Waals surface area contributed by atoms with Crippen molar-refractivity contribution in [2.75, 3.05) is 11.9 Å². The molecule has 0 aromatic heterocycles. The van der Waals surface area contributed by atoms with Crippen molar-refractivity contribution in [3.63, 3.8) is 0 Å². The molecule has 1 saturated carbocycles. The second-order valence-electron chi connectivity index (χ2n) is 4.83. The highest BCUT2D eigenvalue weighted by Gasteiger charge is 2.32. The first-order valence-corrected chi connectivity index (χ1v) is 7.15. The Morgan fingerprint density at radius 2 is 2.32 bits per heavy atom. The number of anilines is 1. The summed E-state index contributed by atoms with van der Waals surface area (Å²) in [6, 6.07) is 7.19. The van der Waals surface area contributed by atoms with Crippen LogP contribution >= 0.6 is 15.9 Å². The maximum atomic E-state index is 12.2. The number of nitrogens with one attached hydrogen (secondary N) is 1. The van der Waals surface area contributed by atoms with Gasteiger partial charge in [-0.2, -0.15) is 5.26 Å². The van der Waals surface area contributed by atoms with Gasteiger partial charge in [0.25, 0.3) is 0 Å². The summed E-state index contributed by atoms with van der Waals surface area (Å²) in [5, 5.41) is 11.7. The van der Waals surface area contributed by atoms with E-state index in [0.717, 1.165) is 23.7 Å². The summed E-state index contributed by atoms with van der Waals surface area (Å²) >= 11 is 3.37. The molecule has 1 fully saturated rings. The molecule has 0 spiro atoms. The van der Waals surface area contributed by atoms with Crippen LogP contribution in [-0.2, 0) is 4.79 Å². The van der Waals surface area contributed by atoms with Gasteiger partial charge in [0.05, 0.1) is 17.3 Å². The number of nitriles is 1. The predicted molar refractivity (Wildman–Crippen MR) is 77.4 cm³/mol. The van der Waals surface area contributed by atoms with Crippen LogP contribution in [0.5, 0.6) is 0 Å². The molecule has 100 valence electrons. The molecule has 19 heavy (non-hydrogen) atoms. The largest absolute Gasteiger partial charge is 0.330 e. The third-order valence-electron chi connectivity index (χ3n) is 3.65. The van der Waals surface area contributed by atoms with E-state index in [-0.39, 0.29) is 17.7 Å². The lowest BCUT2D eigenvalue weighted by Gasteiger charge is -2.18. The first kappa shape index (κ1) is 14.0. The predicted octanol–water partition coefficient (Wildman–Crippen LogP) is 2.63. The van der Waals surface area contributed by atoms with E-state index in [1.165, 1.54) is 0 Å². The second-order valence-corrected chi connectivity index (χ2v) is 5.68. The zero-order valence-corrected chi connectivity index (χ0v) is 12.1. The van der Waals surface area contributed by atoms with Gasteiger partial charge in [-0.05, 0) is 59.4 Å². The van der Waals surface area contributed by atoms with Gasteiger partial charge in [-0.15, -0.1) is 0 Å². The monoisotopic (exact) mass is 321 g/mol. The molecule has 2 atom stereocenters. The molecular weight excluding hydrogens is 306 g/mol. The number of hydrogen-bond donors (Lipinski definition) is 2. The van der Waals surface area contributed by atoms with Crippen LogP contribution in [0, 0.1) is 23.2 Å². The Hall–Kier alpha value is -1.38. The van der Waals surface area contributed by atoms with Gasteiger partial charge in [0.2, 0.25) is 5.91 Å². The van der Waals surface area contributed by atoms with Gasteiger partial charge in [-0.3, -0.25) is 4.79 Å². The van der Waals surface area contributed by atoms with Gasteiger partial charge < -0.3 is 11.1 Å². The molecule has 0 radical (unpaired) electrons. The Morgan fingerprint density at radius 1 is 1.53 bits per heavy atom. The molecule has 4 nitrogen and oxygen atoms in total. The van der Waals surface area contributed by atoms with Crippen LogP contribution in [0.4, 0.5) is 5.69 Å². The Bertz CT molecular complexity index is 524. The van der Waals surface area contributed by atoms with E-state index in [2.05, 4.69) is 27.3 Å².